The molecule has 0 saturated heterocycles. The first kappa shape index (κ1) is 15.3. The average molecular weight is 270 g/mol. The number of nitrogen functional groups attached to an aromatic ring is 1. The van der Waals surface area contributed by atoms with E-state index in [1.165, 1.54) is 12.3 Å². The van der Waals surface area contributed by atoms with Crippen LogP contribution in [0.25, 0.3) is 0 Å². The second-order valence-electron chi connectivity index (χ2n) is 3.97. The number of carbonyl (C=O) groups excluding carboxylic acids is 1. The van der Waals surface area contributed by atoms with E-state index in [1.54, 1.807) is 7.11 Å². The molecule has 0 atom stereocenters. The van der Waals surface area contributed by atoms with Crippen LogP contribution in [0.5, 0.6) is 0 Å². The Balaban J connectivity index is 2.41. The Labute approximate surface area is 111 Å². The normalized spacial score (nSPS) is 10.3. The summed E-state index contributed by atoms with van der Waals surface area (Å²) in [6.45, 7) is 1.20. The molecule has 1 heterocycles. The number of nitrogens with two attached hydrogens (primary N) is 1. The summed E-state index contributed by atoms with van der Waals surface area (Å²) in [5, 5.41) is 2.65. The summed E-state index contributed by atoms with van der Waals surface area (Å²) in [4.78, 5) is 15.4. The van der Waals surface area contributed by atoms with Gasteiger partial charge in [0.1, 0.15) is 0 Å². The minimum atomic E-state index is -0.748. The fraction of sp³-hybridized carbons (Fsp3) is 0.500. The maximum absolute atomic E-state index is 13.7. The van der Waals surface area contributed by atoms with Gasteiger partial charge in [0.25, 0.3) is 5.91 Å². The van der Waals surface area contributed by atoms with Crippen LogP contribution in [0.3, 0.4) is 0 Å². The maximum atomic E-state index is 13.7. The van der Waals surface area contributed by atoms with Crippen LogP contribution in [0, 0.1) is 5.82 Å². The van der Waals surface area contributed by atoms with E-state index in [9.17, 15) is 9.18 Å². The number of amides is 1. The molecule has 7 heteroatoms. The zero-order chi connectivity index (χ0) is 14.1. The predicted octanol–water partition coefficient (Wildman–Crippen LogP) is 1.05. The highest BCUT2D eigenvalue weighted by atomic mass is 19.1. The predicted molar refractivity (Wildman–Crippen MR) is 70.1 cm³/mol. The van der Waals surface area contributed by atoms with Crippen LogP contribution >= 0.6 is 0 Å². The van der Waals surface area contributed by atoms with Crippen LogP contribution in [-0.2, 0) is 4.74 Å². The van der Waals surface area contributed by atoms with Gasteiger partial charge in [-0.3, -0.25) is 4.79 Å². The largest absolute Gasteiger partial charge is 0.385 e. The molecular weight excluding hydrogens is 251 g/mol. The Morgan fingerprint density at radius 1 is 1.47 bits per heavy atom. The Morgan fingerprint density at radius 2 is 2.26 bits per heavy atom. The molecule has 4 N–H and O–H groups in total. The van der Waals surface area contributed by atoms with E-state index in [0.717, 1.165) is 19.3 Å². The van der Waals surface area contributed by atoms with Gasteiger partial charge in [-0.2, -0.15) is 0 Å². The molecule has 106 valence electrons. The third-order valence-electron chi connectivity index (χ3n) is 2.58. The molecule has 0 aliphatic rings. The van der Waals surface area contributed by atoms with Gasteiger partial charge in [0.2, 0.25) is 0 Å². The van der Waals surface area contributed by atoms with E-state index in [0.29, 0.717) is 13.2 Å². The Morgan fingerprint density at radius 3 is 2.95 bits per heavy atom. The number of hydrogen-bond donors (Lipinski definition) is 3. The SMILES string of the molecule is COCCCCCNC(=O)c1ccnc(NN)c1F. The van der Waals surface area contributed by atoms with Crippen LogP contribution < -0.4 is 16.6 Å². The lowest BCUT2D eigenvalue weighted by molar-refractivity contribution is 0.0948. The Bertz CT molecular complexity index is 415. The van der Waals surface area contributed by atoms with Crippen molar-refractivity contribution in [2.24, 2.45) is 5.84 Å². The second kappa shape index (κ2) is 8.39. The third-order valence-corrected chi connectivity index (χ3v) is 2.58. The summed E-state index contributed by atoms with van der Waals surface area (Å²) >= 11 is 0. The summed E-state index contributed by atoms with van der Waals surface area (Å²) in [5.74, 6) is 3.73. The quantitative estimate of drug-likeness (QED) is 0.373. The molecule has 1 amide bonds. The van der Waals surface area contributed by atoms with E-state index in [4.69, 9.17) is 10.6 Å². The number of methoxy groups -OCH3 is 1. The fourth-order valence-corrected chi connectivity index (χ4v) is 1.57. The lowest BCUT2D eigenvalue weighted by Crippen LogP contribution is -2.26. The minimum absolute atomic E-state index is 0.0696. The molecule has 0 fully saturated rings. The van der Waals surface area contributed by atoms with Gasteiger partial charge in [-0.05, 0) is 25.3 Å². The summed E-state index contributed by atoms with van der Waals surface area (Å²) < 4.78 is 18.6. The molecule has 0 aromatic carbocycles. The molecule has 6 nitrogen and oxygen atoms in total. The third kappa shape index (κ3) is 4.80. The van der Waals surface area contributed by atoms with Crippen molar-refractivity contribution >= 4 is 11.7 Å². The molecule has 0 spiro atoms. The number of pyridine rings is 1. The van der Waals surface area contributed by atoms with Crippen molar-refractivity contribution in [3.8, 4) is 0 Å². The molecule has 0 radical (unpaired) electrons. The first-order chi connectivity index (χ1) is 9.20. The maximum Gasteiger partial charge on any atom is 0.254 e. The van der Waals surface area contributed by atoms with E-state index < -0.39 is 11.7 Å². The molecule has 0 unspecified atom stereocenters. The highest BCUT2D eigenvalue weighted by Gasteiger charge is 2.14. The number of hydrogen-bond acceptors (Lipinski definition) is 5. The number of aromatic nitrogens is 1. The van der Waals surface area contributed by atoms with Gasteiger partial charge < -0.3 is 15.5 Å². The van der Waals surface area contributed by atoms with Gasteiger partial charge >= 0.3 is 0 Å². The van der Waals surface area contributed by atoms with Crippen molar-refractivity contribution in [2.45, 2.75) is 19.3 Å². The zero-order valence-corrected chi connectivity index (χ0v) is 10.9. The van der Waals surface area contributed by atoms with Gasteiger partial charge in [-0.15, -0.1) is 0 Å². The summed E-state index contributed by atoms with van der Waals surface area (Å²) in [6, 6.07) is 1.32. The van der Waals surface area contributed by atoms with Crippen LogP contribution in [-0.4, -0.2) is 31.2 Å². The van der Waals surface area contributed by atoms with Gasteiger partial charge in [0.15, 0.2) is 11.6 Å². The molecule has 1 aromatic heterocycles. The van der Waals surface area contributed by atoms with E-state index >= 15 is 0 Å². The standard InChI is InChI=1S/C12H19FN4O2/c1-19-8-4-2-3-6-16-12(18)9-5-7-15-11(17-14)10(9)13/h5,7H,2-4,6,8,14H2,1H3,(H,15,17)(H,16,18). The number of nitrogens with zero attached hydrogens (tertiary/aromatic N) is 1. The van der Waals surface area contributed by atoms with E-state index in [2.05, 4.69) is 15.7 Å². The van der Waals surface area contributed by atoms with Crippen LogP contribution in [0.15, 0.2) is 12.3 Å². The van der Waals surface area contributed by atoms with Gasteiger partial charge in [0.05, 0.1) is 5.56 Å². The Hall–Kier alpha value is -1.73. The molecule has 0 bridgehead atoms. The van der Waals surface area contributed by atoms with Crippen molar-refractivity contribution < 1.29 is 13.9 Å². The van der Waals surface area contributed by atoms with Gasteiger partial charge in [-0.25, -0.2) is 15.2 Å². The van der Waals surface area contributed by atoms with Gasteiger partial charge in [-0.1, -0.05) is 0 Å². The lowest BCUT2D eigenvalue weighted by atomic mass is 10.2. The highest BCUT2D eigenvalue weighted by molar-refractivity contribution is 5.95. The fourth-order valence-electron chi connectivity index (χ4n) is 1.57. The van der Waals surface area contributed by atoms with Crippen molar-refractivity contribution in [3.63, 3.8) is 0 Å². The number of ether oxygens (including phenoxy) is 1. The zero-order valence-electron chi connectivity index (χ0n) is 10.9. The Kier molecular flexibility index (Phi) is 6.76. The van der Waals surface area contributed by atoms with Gasteiger partial charge in [0, 0.05) is 26.5 Å². The molecule has 19 heavy (non-hydrogen) atoms. The smallest absolute Gasteiger partial charge is 0.254 e. The van der Waals surface area contributed by atoms with Crippen molar-refractivity contribution in [1.82, 2.24) is 10.3 Å². The lowest BCUT2D eigenvalue weighted by Gasteiger charge is -2.08. The van der Waals surface area contributed by atoms with Crippen molar-refractivity contribution in [1.29, 1.82) is 0 Å². The number of carbonyl (C=O) groups is 1. The first-order valence-electron chi connectivity index (χ1n) is 6.09. The minimum Gasteiger partial charge on any atom is -0.385 e. The molecule has 1 rings (SSSR count). The van der Waals surface area contributed by atoms with Crippen LogP contribution in [0.2, 0.25) is 0 Å². The molecule has 1 aromatic rings. The number of halogens is 1. The second-order valence-corrected chi connectivity index (χ2v) is 3.97. The first-order valence-corrected chi connectivity index (χ1v) is 6.09. The molecule has 0 aliphatic carbocycles. The number of hydrazine groups is 1. The average Bonchev–Trinajstić information content (AvgIpc) is 2.42. The topological polar surface area (TPSA) is 89.3 Å². The monoisotopic (exact) mass is 270 g/mol. The summed E-state index contributed by atoms with van der Waals surface area (Å²) in [6.07, 6.45) is 4.04. The van der Waals surface area contributed by atoms with E-state index in [-0.39, 0.29) is 11.4 Å². The van der Waals surface area contributed by atoms with Crippen LogP contribution in [0.1, 0.15) is 29.6 Å². The molecule has 0 saturated carbocycles. The van der Waals surface area contributed by atoms with Crippen LogP contribution in [0.4, 0.5) is 10.2 Å². The number of nitrogens with one attached hydrogen (secondary N) is 2. The van der Waals surface area contributed by atoms with Crippen molar-refractivity contribution in [3.05, 3.63) is 23.6 Å². The highest BCUT2D eigenvalue weighted by Crippen LogP contribution is 2.13. The number of rotatable bonds is 8. The molecular formula is C12H19FN4O2. The van der Waals surface area contributed by atoms with Crippen molar-refractivity contribution in [2.75, 3.05) is 25.7 Å². The molecule has 0 aliphatic heterocycles. The number of anilines is 1. The summed E-state index contributed by atoms with van der Waals surface area (Å²) in [5.41, 5.74) is 2.03. The number of unbranched alkanes of at least 4 members (excludes halogenated alkanes) is 2. The van der Waals surface area contributed by atoms with E-state index in [1.807, 2.05) is 0 Å². The summed E-state index contributed by atoms with van der Waals surface area (Å²) in [7, 11) is 1.65.